The fraction of sp³-hybridized carbons (Fsp3) is 0.290. The van der Waals surface area contributed by atoms with Crippen molar-refractivity contribution in [3.8, 4) is 5.69 Å². The predicted molar refractivity (Wildman–Crippen MR) is 155 cm³/mol. The van der Waals surface area contributed by atoms with Crippen LogP contribution < -0.4 is 4.90 Å². The van der Waals surface area contributed by atoms with Gasteiger partial charge in [0.15, 0.2) is 5.78 Å². The molecule has 1 aromatic carbocycles. The Morgan fingerprint density at radius 2 is 1.76 bits per heavy atom. The summed E-state index contributed by atoms with van der Waals surface area (Å²) in [6, 6.07) is 12.9. The fourth-order valence-electron chi connectivity index (χ4n) is 6.40. The van der Waals surface area contributed by atoms with Crippen molar-refractivity contribution in [1.29, 1.82) is 0 Å². The first-order valence-corrected chi connectivity index (χ1v) is 15.5. The van der Waals surface area contributed by atoms with E-state index in [1.807, 2.05) is 6.08 Å². The maximum absolute atomic E-state index is 14.3. The molecule has 0 amide bonds. The third-order valence-electron chi connectivity index (χ3n) is 8.59. The summed E-state index contributed by atoms with van der Waals surface area (Å²) in [7, 11) is -3.95. The third-order valence-corrected chi connectivity index (χ3v) is 10.4. The SMILES string of the molecule is O=C(c1ccccn1)[C@]12Cc3cnn(-c4ccc(F)cc4)c3C=C1CCN(S(=O)(=O)c1cncc(N3CCCC3)c1)C2. The molecule has 3 aromatic heterocycles. The number of piperidine rings is 1. The number of anilines is 1. The molecule has 0 saturated carbocycles. The van der Waals surface area contributed by atoms with Crippen molar-refractivity contribution in [2.45, 2.75) is 30.6 Å². The van der Waals surface area contributed by atoms with Gasteiger partial charge in [0, 0.05) is 38.6 Å². The number of hydrogen-bond donors (Lipinski definition) is 0. The number of pyridine rings is 2. The summed E-state index contributed by atoms with van der Waals surface area (Å²) in [5.41, 5.74) is 3.08. The number of fused-ring (bicyclic) bond motifs is 2. The zero-order valence-electron chi connectivity index (χ0n) is 22.9. The van der Waals surface area contributed by atoms with Gasteiger partial charge in [0.25, 0.3) is 0 Å². The molecule has 4 aromatic rings. The van der Waals surface area contributed by atoms with Crippen molar-refractivity contribution in [3.63, 3.8) is 0 Å². The summed E-state index contributed by atoms with van der Waals surface area (Å²) in [5.74, 6) is -0.564. The highest BCUT2D eigenvalue weighted by Crippen LogP contribution is 2.47. The van der Waals surface area contributed by atoms with E-state index in [1.54, 1.807) is 59.7 Å². The Morgan fingerprint density at radius 3 is 2.52 bits per heavy atom. The van der Waals surface area contributed by atoms with Gasteiger partial charge in [0.05, 0.1) is 34.9 Å². The smallest absolute Gasteiger partial charge is 0.244 e. The van der Waals surface area contributed by atoms with Crippen molar-refractivity contribution in [2.75, 3.05) is 31.1 Å². The molecule has 1 atom stereocenters. The Labute approximate surface area is 243 Å². The summed E-state index contributed by atoms with van der Waals surface area (Å²) >= 11 is 0. The molecular weight excluding hydrogens is 555 g/mol. The summed E-state index contributed by atoms with van der Waals surface area (Å²) < 4.78 is 44.9. The maximum Gasteiger partial charge on any atom is 0.244 e. The number of carbonyl (C=O) groups is 1. The molecule has 42 heavy (non-hydrogen) atoms. The van der Waals surface area contributed by atoms with Crippen LogP contribution in [0.5, 0.6) is 0 Å². The van der Waals surface area contributed by atoms with Crippen molar-refractivity contribution in [1.82, 2.24) is 24.1 Å². The summed E-state index contributed by atoms with van der Waals surface area (Å²) in [5, 5.41) is 4.56. The molecule has 2 fully saturated rings. The van der Waals surface area contributed by atoms with Gasteiger partial charge in [0.2, 0.25) is 10.0 Å². The zero-order chi connectivity index (χ0) is 28.9. The van der Waals surface area contributed by atoms with Crippen LogP contribution in [0.2, 0.25) is 0 Å². The number of rotatable bonds is 6. The van der Waals surface area contributed by atoms with E-state index in [0.29, 0.717) is 12.1 Å². The van der Waals surface area contributed by atoms with Gasteiger partial charge in [-0.1, -0.05) is 11.6 Å². The van der Waals surface area contributed by atoms with Gasteiger partial charge in [-0.2, -0.15) is 9.40 Å². The quantitative estimate of drug-likeness (QED) is 0.312. The lowest BCUT2D eigenvalue weighted by Gasteiger charge is -2.44. The minimum absolute atomic E-state index is 0.0221. The molecule has 9 nitrogen and oxygen atoms in total. The average Bonchev–Trinajstić information content (AvgIpc) is 3.71. The van der Waals surface area contributed by atoms with Crippen LogP contribution in [0.1, 0.15) is 41.0 Å². The molecule has 214 valence electrons. The van der Waals surface area contributed by atoms with Gasteiger partial charge in [-0.25, -0.2) is 17.5 Å². The number of halogens is 1. The molecular formula is C31H29FN6O3S. The number of sulfonamides is 1. The van der Waals surface area contributed by atoms with E-state index in [0.717, 1.165) is 48.4 Å². The normalized spacial score (nSPS) is 20.6. The largest absolute Gasteiger partial charge is 0.370 e. The second-order valence-corrected chi connectivity index (χ2v) is 13.0. The lowest BCUT2D eigenvalue weighted by atomic mass is 9.65. The number of ketones is 1. The number of carbonyl (C=O) groups excluding carboxylic acids is 1. The van der Waals surface area contributed by atoms with Gasteiger partial charge < -0.3 is 4.90 Å². The summed E-state index contributed by atoms with van der Waals surface area (Å²) in [4.78, 5) is 25.2. The van der Waals surface area contributed by atoms with Gasteiger partial charge in [-0.05, 0) is 79.8 Å². The fourth-order valence-corrected chi connectivity index (χ4v) is 7.88. The molecule has 11 heteroatoms. The monoisotopic (exact) mass is 584 g/mol. The van der Waals surface area contributed by atoms with Gasteiger partial charge in [-0.15, -0.1) is 0 Å². The molecule has 7 rings (SSSR count). The Kier molecular flexibility index (Phi) is 6.51. The number of hydrogen-bond acceptors (Lipinski definition) is 7. The van der Waals surface area contributed by atoms with Crippen LogP contribution in [-0.4, -0.2) is 64.4 Å². The van der Waals surface area contributed by atoms with Crippen molar-refractivity contribution < 1.29 is 17.6 Å². The number of nitrogens with zero attached hydrogens (tertiary/aromatic N) is 6. The Hall–Kier alpha value is -4.22. The number of aromatic nitrogens is 4. The van der Waals surface area contributed by atoms with Crippen molar-refractivity contribution >= 4 is 27.6 Å². The topological polar surface area (TPSA) is 101 Å². The molecule has 3 aliphatic rings. The zero-order valence-corrected chi connectivity index (χ0v) is 23.7. The van der Waals surface area contributed by atoms with Crippen molar-refractivity contribution in [3.05, 3.63) is 102 Å². The van der Waals surface area contributed by atoms with E-state index in [1.165, 1.54) is 22.6 Å². The lowest BCUT2D eigenvalue weighted by Crippen LogP contribution is -2.53. The average molecular weight is 585 g/mol. The second kappa shape index (κ2) is 10.2. The molecule has 1 aliphatic carbocycles. The highest BCUT2D eigenvalue weighted by molar-refractivity contribution is 7.89. The highest BCUT2D eigenvalue weighted by atomic mass is 32.2. The minimum Gasteiger partial charge on any atom is -0.370 e. The van der Waals surface area contributed by atoms with Gasteiger partial charge >= 0.3 is 0 Å². The number of benzene rings is 1. The van der Waals surface area contributed by atoms with Gasteiger partial charge in [-0.3, -0.25) is 14.8 Å². The van der Waals surface area contributed by atoms with Crippen LogP contribution in [0.15, 0.2) is 83.8 Å². The molecule has 0 unspecified atom stereocenters. The molecule has 0 radical (unpaired) electrons. The van der Waals surface area contributed by atoms with Crippen LogP contribution in [0.3, 0.4) is 0 Å². The van der Waals surface area contributed by atoms with E-state index in [4.69, 9.17) is 0 Å². The summed E-state index contributed by atoms with van der Waals surface area (Å²) in [6.07, 6.45) is 11.1. The van der Waals surface area contributed by atoms with E-state index in [9.17, 15) is 17.6 Å². The molecule has 0 spiro atoms. The molecule has 5 heterocycles. The Morgan fingerprint density at radius 1 is 0.952 bits per heavy atom. The van der Waals surface area contributed by atoms with Gasteiger partial charge in [0.1, 0.15) is 16.4 Å². The van der Waals surface area contributed by atoms with Crippen LogP contribution in [-0.2, 0) is 16.4 Å². The molecule has 2 aliphatic heterocycles. The molecule has 0 bridgehead atoms. The highest BCUT2D eigenvalue weighted by Gasteiger charge is 2.51. The van der Waals surface area contributed by atoms with E-state index < -0.39 is 15.4 Å². The van der Waals surface area contributed by atoms with Crippen LogP contribution in [0, 0.1) is 11.2 Å². The standard InChI is InChI=1S/C31H29FN6O3S/c32-24-6-8-25(9-7-24)38-29-15-23-10-14-37(42(40,41)27-16-26(19-33-20-27)36-12-3-4-13-36)21-31(23,17-22(29)18-35-38)30(39)28-5-1-2-11-34-28/h1-2,5-9,11,15-16,18-20H,3-4,10,12-14,17,21H2/t31-/m0/s1. The van der Waals surface area contributed by atoms with Crippen LogP contribution >= 0.6 is 0 Å². The number of Topliss-reactive ketones (excluding diaryl/α,β-unsaturated/α-hetero) is 1. The maximum atomic E-state index is 14.3. The Bertz CT molecular complexity index is 1800. The minimum atomic E-state index is -3.95. The third kappa shape index (κ3) is 4.44. The first kappa shape index (κ1) is 26.7. The van der Waals surface area contributed by atoms with Crippen molar-refractivity contribution in [2.24, 2.45) is 5.41 Å². The second-order valence-electron chi connectivity index (χ2n) is 11.1. The van der Waals surface area contributed by atoms with Crippen LogP contribution in [0.4, 0.5) is 10.1 Å². The first-order chi connectivity index (χ1) is 20.3. The molecule has 2 saturated heterocycles. The molecule has 0 N–H and O–H groups in total. The van der Waals surface area contributed by atoms with Crippen LogP contribution in [0.25, 0.3) is 11.8 Å². The first-order valence-electron chi connectivity index (χ1n) is 14.1. The lowest BCUT2D eigenvalue weighted by molar-refractivity contribution is 0.0770. The van der Waals surface area contributed by atoms with E-state index >= 15 is 0 Å². The predicted octanol–water partition coefficient (Wildman–Crippen LogP) is 4.31. The van der Waals surface area contributed by atoms with E-state index in [-0.39, 0.29) is 41.7 Å². The summed E-state index contributed by atoms with van der Waals surface area (Å²) in [6.45, 7) is 1.95. The Balaban J connectivity index is 1.28. The van der Waals surface area contributed by atoms with E-state index in [2.05, 4.69) is 20.0 Å².